The molecule has 0 unspecified atom stereocenters. The van der Waals surface area contributed by atoms with E-state index < -0.39 is 0 Å². The number of rotatable bonds is 20. The number of hydrogen-bond donors (Lipinski definition) is 2. The highest BCUT2D eigenvalue weighted by Gasteiger charge is 1.96. The van der Waals surface area contributed by atoms with Crippen molar-refractivity contribution in [3.05, 3.63) is 35.9 Å². The minimum Gasteiger partial charge on any atom is -0.341 e. The molecule has 1 rings (SSSR count). The fraction of sp³-hybridized carbons (Fsp3) is 0.750. The molecule has 0 aliphatic carbocycles. The summed E-state index contributed by atoms with van der Waals surface area (Å²) < 4.78 is 0. The van der Waals surface area contributed by atoms with Crippen molar-refractivity contribution in [2.45, 2.75) is 96.1 Å². The first-order valence-corrected chi connectivity index (χ1v) is 12.3. The molecule has 3 N–H and O–H groups in total. The fourth-order valence-electron chi connectivity index (χ4n) is 3.53. The number of quaternary nitrogens is 1. The van der Waals surface area contributed by atoms with E-state index in [2.05, 4.69) is 51.2 Å². The van der Waals surface area contributed by atoms with Crippen molar-refractivity contribution in [3.63, 3.8) is 0 Å². The van der Waals surface area contributed by atoms with Crippen LogP contribution in [0.1, 0.15) is 89.0 Å². The molecule has 0 aliphatic rings. The van der Waals surface area contributed by atoms with Gasteiger partial charge in [-0.25, -0.2) is 0 Å². The first-order chi connectivity index (χ1) is 13.4. The second-order valence-corrected chi connectivity index (χ2v) is 8.36. The van der Waals surface area contributed by atoms with E-state index >= 15 is 0 Å². The predicted molar refractivity (Wildman–Crippen MR) is 120 cm³/mol. The van der Waals surface area contributed by atoms with E-state index in [0.717, 1.165) is 13.1 Å². The van der Waals surface area contributed by atoms with Gasteiger partial charge in [-0.15, -0.1) is 0 Å². The standard InChI is InChI=1S/C24H43N2Si/c27-22-16-11-9-7-5-3-1-2-4-6-8-10-15-19-25-20-21-26-23-24-17-13-12-14-18-24/h12-14,17-18,25-26H,1-11,15-16,19-23H2/p+1. The van der Waals surface area contributed by atoms with Crippen molar-refractivity contribution >= 4 is 10.2 Å². The Morgan fingerprint density at radius 3 is 1.70 bits per heavy atom. The van der Waals surface area contributed by atoms with Crippen molar-refractivity contribution in [2.24, 2.45) is 0 Å². The van der Waals surface area contributed by atoms with Crippen LogP contribution in [0.4, 0.5) is 0 Å². The van der Waals surface area contributed by atoms with Crippen molar-refractivity contribution in [3.8, 4) is 0 Å². The van der Waals surface area contributed by atoms with Gasteiger partial charge in [0.15, 0.2) is 0 Å². The van der Waals surface area contributed by atoms with Crippen molar-refractivity contribution in [1.82, 2.24) is 5.32 Å². The number of hydrogen-bond acceptors (Lipinski definition) is 1. The van der Waals surface area contributed by atoms with Gasteiger partial charge in [0.1, 0.15) is 6.54 Å². The number of unbranched alkanes of at least 4 members (excludes halogenated alkanes) is 12. The van der Waals surface area contributed by atoms with E-state index in [1.165, 1.54) is 108 Å². The number of nitrogens with one attached hydrogen (secondary N) is 1. The summed E-state index contributed by atoms with van der Waals surface area (Å²) in [7, 11) is 3.55. The molecule has 3 heteroatoms. The third kappa shape index (κ3) is 17.2. The summed E-state index contributed by atoms with van der Waals surface area (Å²) in [6.45, 7) is 4.59. The molecule has 0 saturated carbocycles. The SMILES string of the molecule is [Si]CCCCCCCCCCCCCCCNCC[NH2+]Cc1ccccc1. The summed E-state index contributed by atoms with van der Waals surface area (Å²) >= 11 is 0. The Morgan fingerprint density at radius 2 is 1.15 bits per heavy atom. The van der Waals surface area contributed by atoms with Crippen LogP contribution >= 0.6 is 0 Å². The van der Waals surface area contributed by atoms with Crippen LogP contribution in [0.25, 0.3) is 0 Å². The zero-order valence-electron chi connectivity index (χ0n) is 17.7. The van der Waals surface area contributed by atoms with Crippen LogP contribution in [0, 0.1) is 0 Å². The lowest BCUT2D eigenvalue weighted by Crippen LogP contribution is -2.84. The van der Waals surface area contributed by atoms with Crippen LogP contribution in [0.2, 0.25) is 6.04 Å². The van der Waals surface area contributed by atoms with Gasteiger partial charge in [0.05, 0.1) is 6.54 Å². The van der Waals surface area contributed by atoms with Gasteiger partial charge in [-0.2, -0.15) is 0 Å². The van der Waals surface area contributed by atoms with Crippen LogP contribution in [0.15, 0.2) is 30.3 Å². The van der Waals surface area contributed by atoms with E-state index in [4.69, 9.17) is 0 Å². The largest absolute Gasteiger partial charge is 0.341 e. The molecule has 0 spiro atoms. The van der Waals surface area contributed by atoms with E-state index in [0.29, 0.717) is 0 Å². The topological polar surface area (TPSA) is 28.6 Å². The maximum absolute atomic E-state index is 3.58. The molecule has 3 radical (unpaired) electrons. The monoisotopic (exact) mass is 388 g/mol. The molecular weight excluding hydrogens is 344 g/mol. The van der Waals surface area contributed by atoms with E-state index in [-0.39, 0.29) is 0 Å². The Morgan fingerprint density at radius 1 is 0.630 bits per heavy atom. The van der Waals surface area contributed by atoms with Gasteiger partial charge in [0.2, 0.25) is 0 Å². The molecule has 1 aromatic carbocycles. The summed E-state index contributed by atoms with van der Waals surface area (Å²) in [4.78, 5) is 0. The second-order valence-electron chi connectivity index (χ2n) is 7.86. The number of benzene rings is 1. The zero-order chi connectivity index (χ0) is 19.3. The molecule has 2 nitrogen and oxygen atoms in total. The summed E-state index contributed by atoms with van der Waals surface area (Å²) in [5, 5.41) is 5.98. The lowest BCUT2D eigenvalue weighted by molar-refractivity contribution is -0.668. The van der Waals surface area contributed by atoms with Gasteiger partial charge in [-0.05, 0) is 13.0 Å². The molecule has 0 amide bonds. The average Bonchev–Trinajstić information content (AvgIpc) is 2.70. The van der Waals surface area contributed by atoms with E-state index in [1.54, 1.807) is 0 Å². The Kier molecular flexibility index (Phi) is 18.2. The highest BCUT2D eigenvalue weighted by molar-refractivity contribution is 6.08. The molecule has 0 atom stereocenters. The molecule has 153 valence electrons. The fourth-order valence-corrected chi connectivity index (χ4v) is 3.78. The Labute approximate surface area is 172 Å². The number of nitrogens with two attached hydrogens (primary N) is 1. The van der Waals surface area contributed by atoms with Crippen molar-refractivity contribution < 1.29 is 5.32 Å². The van der Waals surface area contributed by atoms with Crippen LogP contribution < -0.4 is 10.6 Å². The third-order valence-electron chi connectivity index (χ3n) is 5.28. The van der Waals surface area contributed by atoms with Gasteiger partial charge >= 0.3 is 0 Å². The third-order valence-corrected chi connectivity index (χ3v) is 5.63. The normalized spacial score (nSPS) is 11.1. The molecular formula is C24H44N2Si+. The summed E-state index contributed by atoms with van der Waals surface area (Å²) in [6, 6.07) is 11.9. The van der Waals surface area contributed by atoms with E-state index in [1.807, 2.05) is 0 Å². The summed E-state index contributed by atoms with van der Waals surface area (Å²) in [6.07, 6.45) is 18.5. The predicted octanol–water partition coefficient (Wildman–Crippen LogP) is 5.00. The quantitative estimate of drug-likeness (QED) is 0.239. The molecule has 0 bridgehead atoms. The van der Waals surface area contributed by atoms with Crippen LogP contribution in [-0.4, -0.2) is 29.9 Å². The molecule has 0 heterocycles. The average molecular weight is 389 g/mol. The van der Waals surface area contributed by atoms with Crippen molar-refractivity contribution in [1.29, 1.82) is 0 Å². The van der Waals surface area contributed by atoms with Gasteiger partial charge in [-0.1, -0.05) is 113 Å². The van der Waals surface area contributed by atoms with Gasteiger partial charge in [0.25, 0.3) is 0 Å². The minimum absolute atomic E-state index is 1.10. The smallest absolute Gasteiger partial charge is 0.101 e. The zero-order valence-corrected chi connectivity index (χ0v) is 18.7. The molecule has 1 aromatic rings. The molecule has 0 saturated heterocycles. The summed E-state index contributed by atoms with van der Waals surface area (Å²) in [5.74, 6) is 0. The lowest BCUT2D eigenvalue weighted by Gasteiger charge is -2.05. The van der Waals surface area contributed by atoms with Gasteiger partial charge < -0.3 is 10.6 Å². The Balaban J connectivity index is 1.67. The van der Waals surface area contributed by atoms with Crippen molar-refractivity contribution in [2.75, 3.05) is 19.6 Å². The van der Waals surface area contributed by atoms with E-state index in [9.17, 15) is 0 Å². The minimum atomic E-state index is 1.10. The van der Waals surface area contributed by atoms with Gasteiger partial charge in [-0.3, -0.25) is 0 Å². The maximum atomic E-state index is 3.58. The van der Waals surface area contributed by atoms with Crippen LogP contribution in [-0.2, 0) is 6.54 Å². The second kappa shape index (κ2) is 20.1. The lowest BCUT2D eigenvalue weighted by atomic mass is 10.0. The molecule has 0 aliphatic heterocycles. The van der Waals surface area contributed by atoms with Crippen LogP contribution in [0.5, 0.6) is 0 Å². The first-order valence-electron chi connectivity index (χ1n) is 11.6. The van der Waals surface area contributed by atoms with Crippen LogP contribution in [0.3, 0.4) is 0 Å². The highest BCUT2D eigenvalue weighted by atomic mass is 28.1. The highest BCUT2D eigenvalue weighted by Crippen LogP contribution is 2.12. The van der Waals surface area contributed by atoms with Gasteiger partial charge in [0, 0.05) is 22.4 Å². The Hall–Kier alpha value is -0.643. The maximum Gasteiger partial charge on any atom is 0.101 e. The summed E-state index contributed by atoms with van der Waals surface area (Å²) in [5.41, 5.74) is 1.42. The molecule has 0 fully saturated rings. The molecule has 27 heavy (non-hydrogen) atoms. The molecule has 0 aromatic heterocycles. The Bertz CT molecular complexity index is 397. The first kappa shape index (κ1) is 24.4.